The highest BCUT2D eigenvalue weighted by Crippen LogP contribution is 2.22. The van der Waals surface area contributed by atoms with Crippen LogP contribution in [0.2, 0.25) is 0 Å². The first-order valence-electron chi connectivity index (χ1n) is 3.76. The van der Waals surface area contributed by atoms with Gasteiger partial charge in [0.2, 0.25) is 0 Å². The van der Waals surface area contributed by atoms with Crippen molar-refractivity contribution in [1.29, 1.82) is 0 Å². The molecule has 0 spiro atoms. The van der Waals surface area contributed by atoms with Crippen molar-refractivity contribution in [3.63, 3.8) is 0 Å². The predicted molar refractivity (Wildman–Crippen MR) is 41.2 cm³/mol. The van der Waals surface area contributed by atoms with E-state index in [0.29, 0.717) is 19.8 Å². The van der Waals surface area contributed by atoms with Crippen molar-refractivity contribution in [2.24, 2.45) is 0 Å². The minimum Gasteiger partial charge on any atom is -0.370 e. The molecule has 11 heavy (non-hydrogen) atoms. The van der Waals surface area contributed by atoms with Gasteiger partial charge in [-0.05, 0) is 13.8 Å². The second-order valence-corrected chi connectivity index (χ2v) is 3.19. The molecule has 1 heterocycles. The van der Waals surface area contributed by atoms with Crippen molar-refractivity contribution in [2.75, 3.05) is 19.8 Å². The molecule has 1 fully saturated rings. The van der Waals surface area contributed by atoms with E-state index in [2.05, 4.69) is 4.85 Å². The lowest BCUT2D eigenvalue weighted by Crippen LogP contribution is -2.50. The van der Waals surface area contributed by atoms with E-state index in [9.17, 15) is 0 Å². The Hall–Kier alpha value is -0.590. The summed E-state index contributed by atoms with van der Waals surface area (Å²) in [5, 5.41) is 0. The highest BCUT2D eigenvalue weighted by atomic mass is 16.5. The highest BCUT2D eigenvalue weighted by Gasteiger charge is 2.46. The summed E-state index contributed by atoms with van der Waals surface area (Å²) in [5.41, 5.74) is -0.357. The molecule has 1 aliphatic heterocycles. The molecular formula is C8H13NO2. The van der Waals surface area contributed by atoms with Crippen molar-refractivity contribution in [3.8, 4) is 0 Å². The van der Waals surface area contributed by atoms with Crippen LogP contribution in [-0.2, 0) is 9.47 Å². The SMILES string of the molecule is [C-]#[N+]C1(COC(C)C)COC1. The van der Waals surface area contributed by atoms with Crippen molar-refractivity contribution >= 4 is 0 Å². The molecular weight excluding hydrogens is 142 g/mol. The van der Waals surface area contributed by atoms with E-state index < -0.39 is 0 Å². The molecule has 0 aromatic carbocycles. The average molecular weight is 155 g/mol. The normalized spacial score (nSPS) is 20.9. The lowest BCUT2D eigenvalue weighted by Gasteiger charge is -2.30. The topological polar surface area (TPSA) is 22.8 Å². The third kappa shape index (κ3) is 1.92. The van der Waals surface area contributed by atoms with Crippen molar-refractivity contribution in [1.82, 2.24) is 0 Å². The van der Waals surface area contributed by atoms with Gasteiger partial charge in [-0.1, -0.05) is 0 Å². The molecule has 0 radical (unpaired) electrons. The lowest BCUT2D eigenvalue weighted by atomic mass is 10.0. The van der Waals surface area contributed by atoms with Crippen LogP contribution < -0.4 is 0 Å². The van der Waals surface area contributed by atoms with Crippen molar-refractivity contribution in [2.45, 2.75) is 25.5 Å². The van der Waals surface area contributed by atoms with Crippen molar-refractivity contribution < 1.29 is 9.47 Å². The minimum atomic E-state index is -0.357. The van der Waals surface area contributed by atoms with Crippen molar-refractivity contribution in [3.05, 3.63) is 11.4 Å². The van der Waals surface area contributed by atoms with E-state index in [-0.39, 0.29) is 11.6 Å². The molecule has 62 valence electrons. The molecule has 0 aliphatic carbocycles. The van der Waals surface area contributed by atoms with Gasteiger partial charge in [0.25, 0.3) is 0 Å². The predicted octanol–water partition coefficient (Wildman–Crippen LogP) is 1.10. The largest absolute Gasteiger partial charge is 0.370 e. The Morgan fingerprint density at radius 2 is 2.27 bits per heavy atom. The van der Waals surface area contributed by atoms with Gasteiger partial charge in [0, 0.05) is 0 Å². The summed E-state index contributed by atoms with van der Waals surface area (Å²) in [6.07, 6.45) is 0.203. The Kier molecular flexibility index (Phi) is 2.48. The van der Waals surface area contributed by atoms with E-state index in [1.54, 1.807) is 0 Å². The summed E-state index contributed by atoms with van der Waals surface area (Å²) >= 11 is 0. The Labute approximate surface area is 67.1 Å². The molecule has 0 aromatic heterocycles. The zero-order valence-corrected chi connectivity index (χ0v) is 6.96. The van der Waals surface area contributed by atoms with E-state index in [0.717, 1.165) is 0 Å². The zero-order valence-electron chi connectivity index (χ0n) is 6.96. The molecule has 0 aromatic rings. The fourth-order valence-electron chi connectivity index (χ4n) is 0.840. The number of rotatable bonds is 3. The van der Waals surface area contributed by atoms with Gasteiger partial charge in [0.15, 0.2) is 0 Å². The summed E-state index contributed by atoms with van der Waals surface area (Å²) < 4.78 is 10.3. The number of nitrogens with zero attached hydrogens (tertiary/aromatic N) is 1. The highest BCUT2D eigenvalue weighted by molar-refractivity contribution is 5.04. The lowest BCUT2D eigenvalue weighted by molar-refractivity contribution is -0.0819. The molecule has 0 bridgehead atoms. The smallest absolute Gasteiger partial charge is 0.300 e. The van der Waals surface area contributed by atoms with Gasteiger partial charge < -0.3 is 14.3 Å². The fraction of sp³-hybridized carbons (Fsp3) is 0.875. The second-order valence-electron chi connectivity index (χ2n) is 3.19. The molecule has 3 nitrogen and oxygen atoms in total. The third-order valence-electron chi connectivity index (χ3n) is 1.66. The van der Waals surface area contributed by atoms with Gasteiger partial charge in [0.05, 0.1) is 6.10 Å². The maximum Gasteiger partial charge on any atom is 0.300 e. The van der Waals surface area contributed by atoms with Crippen LogP contribution in [0, 0.1) is 6.57 Å². The third-order valence-corrected chi connectivity index (χ3v) is 1.66. The number of hydrogen-bond acceptors (Lipinski definition) is 2. The summed E-state index contributed by atoms with van der Waals surface area (Å²) in [5.74, 6) is 0. The van der Waals surface area contributed by atoms with E-state index in [4.69, 9.17) is 16.0 Å². The summed E-state index contributed by atoms with van der Waals surface area (Å²) in [7, 11) is 0. The van der Waals surface area contributed by atoms with E-state index in [1.165, 1.54) is 0 Å². The Balaban J connectivity index is 2.29. The summed E-state index contributed by atoms with van der Waals surface area (Å²) in [6, 6.07) is 0. The molecule has 1 saturated heterocycles. The second kappa shape index (κ2) is 3.21. The van der Waals surface area contributed by atoms with Crippen LogP contribution in [0.3, 0.4) is 0 Å². The maximum absolute atomic E-state index is 6.92. The van der Waals surface area contributed by atoms with Crippen LogP contribution in [0.25, 0.3) is 4.85 Å². The van der Waals surface area contributed by atoms with Gasteiger partial charge in [-0.25, -0.2) is 6.57 Å². The molecule has 3 heteroatoms. The van der Waals surface area contributed by atoms with Gasteiger partial charge in [0.1, 0.15) is 19.8 Å². The molecule has 0 N–H and O–H groups in total. The molecule has 0 unspecified atom stereocenters. The van der Waals surface area contributed by atoms with Gasteiger partial charge >= 0.3 is 5.54 Å². The quantitative estimate of drug-likeness (QED) is 0.569. The first-order valence-corrected chi connectivity index (χ1v) is 3.76. The first-order chi connectivity index (χ1) is 5.18. The Morgan fingerprint density at radius 3 is 2.55 bits per heavy atom. The van der Waals surface area contributed by atoms with E-state index >= 15 is 0 Å². The first kappa shape index (κ1) is 8.51. The monoisotopic (exact) mass is 155 g/mol. The average Bonchev–Trinajstić information content (AvgIpc) is 1.86. The van der Waals surface area contributed by atoms with Crippen LogP contribution in [0.4, 0.5) is 0 Å². The summed E-state index contributed by atoms with van der Waals surface area (Å²) in [6.45, 7) is 12.4. The number of ether oxygens (including phenoxy) is 2. The van der Waals surface area contributed by atoms with Crippen LogP contribution >= 0.6 is 0 Å². The van der Waals surface area contributed by atoms with Gasteiger partial charge in [-0.15, -0.1) is 0 Å². The maximum atomic E-state index is 6.92. The van der Waals surface area contributed by atoms with E-state index in [1.807, 2.05) is 13.8 Å². The van der Waals surface area contributed by atoms with Gasteiger partial charge in [-0.3, -0.25) is 0 Å². The van der Waals surface area contributed by atoms with Crippen LogP contribution in [0.5, 0.6) is 0 Å². The zero-order chi connectivity index (χ0) is 8.32. The van der Waals surface area contributed by atoms with Crippen LogP contribution in [0.15, 0.2) is 0 Å². The number of hydrogen-bond donors (Lipinski definition) is 0. The molecule has 1 rings (SSSR count). The van der Waals surface area contributed by atoms with Crippen LogP contribution in [-0.4, -0.2) is 31.5 Å². The Bertz CT molecular complexity index is 167. The molecule has 0 atom stereocenters. The summed E-state index contributed by atoms with van der Waals surface area (Å²) in [4.78, 5) is 3.50. The Morgan fingerprint density at radius 1 is 1.64 bits per heavy atom. The minimum absolute atomic E-state index is 0.203. The molecule has 0 saturated carbocycles. The van der Waals surface area contributed by atoms with Crippen LogP contribution in [0.1, 0.15) is 13.8 Å². The molecule has 0 amide bonds. The molecule has 1 aliphatic rings. The fourth-order valence-corrected chi connectivity index (χ4v) is 0.840. The van der Waals surface area contributed by atoms with Gasteiger partial charge in [-0.2, -0.15) is 0 Å². The standard InChI is InChI=1S/C8H13NO2/c1-7(2)11-6-8(9-3)4-10-5-8/h7H,4-6H2,1-2H3.